The fraction of sp³-hybridized carbons (Fsp3) is 0.333. The van der Waals surface area contributed by atoms with Crippen molar-refractivity contribution in [2.24, 2.45) is 0 Å². The maximum absolute atomic E-state index is 9.51. The van der Waals surface area contributed by atoms with Gasteiger partial charge < -0.3 is 0 Å². The third kappa shape index (κ3) is 9.70. The Morgan fingerprint density at radius 2 is 2.38 bits per heavy atom. The normalized spacial score (nSPS) is 6.38. The van der Waals surface area contributed by atoms with E-state index < -0.39 is 20.9 Å². The van der Waals surface area contributed by atoms with E-state index in [0.29, 0.717) is 0 Å². The van der Waals surface area contributed by atoms with Crippen LogP contribution in [0.3, 0.4) is 0 Å². The number of rotatable bonds is 2. The van der Waals surface area contributed by atoms with Gasteiger partial charge in [-0.3, -0.25) is 0 Å². The van der Waals surface area contributed by atoms with Crippen LogP contribution in [0.2, 0.25) is 5.32 Å². The van der Waals surface area contributed by atoms with Gasteiger partial charge in [-0.25, -0.2) is 0 Å². The number of aliphatic carboxylic acids is 1. The molecule has 0 unspecified atom stereocenters. The summed E-state index contributed by atoms with van der Waals surface area (Å²) >= 11 is -0.418. The fourth-order valence-corrected chi connectivity index (χ4v) is 0.474. The van der Waals surface area contributed by atoms with Crippen molar-refractivity contribution in [3.63, 3.8) is 0 Å². The van der Waals surface area contributed by atoms with Gasteiger partial charge in [0.05, 0.1) is 0 Å². The van der Waals surface area contributed by atoms with Crippen LogP contribution >= 0.6 is 0 Å². The zero-order valence-corrected chi connectivity index (χ0v) is 8.09. The van der Waals surface area contributed by atoms with E-state index >= 15 is 0 Å². The predicted octanol–water partition coefficient (Wildman–Crippen LogP) is -4.66. The number of carboxylic acid groups (broad SMARTS) is 1. The molecule has 38 valence electrons. The van der Waals surface area contributed by atoms with Gasteiger partial charge in [0, 0.05) is 0 Å². The molecule has 0 rings (SSSR count). The second-order valence-electron chi connectivity index (χ2n) is 0.752. The number of carboxylic acids is 1. The van der Waals surface area contributed by atoms with E-state index in [1.165, 1.54) is 0 Å². The third-order valence-corrected chi connectivity index (χ3v) is 1.32. The largest absolute Gasteiger partial charge is 1.00 e. The zero-order chi connectivity index (χ0) is 5.70. The molecule has 0 aromatic heterocycles. The van der Waals surface area contributed by atoms with Crippen molar-refractivity contribution in [1.29, 1.82) is 5.26 Å². The first-order chi connectivity index (χ1) is 3.27. The smallest absolute Gasteiger partial charge is 1.00 e. The number of carbonyl (C=O) groups is 1. The molecule has 8 heavy (non-hydrogen) atoms. The Bertz CT molecular complexity index is 110. The molecule has 0 bridgehead atoms. The molecule has 0 atom stereocenters. The summed E-state index contributed by atoms with van der Waals surface area (Å²) in [6, 6.07) is 0. The van der Waals surface area contributed by atoms with Gasteiger partial charge in [-0.15, -0.1) is 0 Å². The molecule has 0 radical (unpaired) electrons. The number of nitrogens with zero attached hydrogens (tertiary/aromatic N) is 1. The molecule has 0 saturated carbocycles. The summed E-state index contributed by atoms with van der Waals surface area (Å²) in [4.78, 5) is 11.3. The van der Waals surface area contributed by atoms with Crippen molar-refractivity contribution in [1.82, 2.24) is 0 Å². The van der Waals surface area contributed by atoms with E-state index in [1.807, 2.05) is 0 Å². The van der Waals surface area contributed by atoms with Crippen LogP contribution in [0.4, 0.5) is 0 Å². The van der Waals surface area contributed by atoms with Crippen LogP contribution in [0.15, 0.2) is 0 Å². The van der Waals surface area contributed by atoms with Crippen LogP contribution < -0.4 is 34.7 Å². The molecule has 0 heterocycles. The molecule has 0 aliphatic heterocycles. The summed E-state index contributed by atoms with van der Waals surface area (Å²) in [6.07, 6.45) is 0. The SMILES string of the molecule is N#C[Se]CC(=O)[O-].[Na+]. The van der Waals surface area contributed by atoms with Crippen LogP contribution in [0, 0.1) is 10.2 Å². The van der Waals surface area contributed by atoms with Crippen molar-refractivity contribution in [3.8, 4) is 4.97 Å². The Balaban J connectivity index is 0. The summed E-state index contributed by atoms with van der Waals surface area (Å²) < 4.78 is 0. The standard InChI is InChI=1S/C3H3NO2Se.Na/c4-2-7-1-3(5)6;/h1H2,(H,5,6);/q;+1/p-1. The van der Waals surface area contributed by atoms with Crippen LogP contribution in [0.25, 0.3) is 0 Å². The van der Waals surface area contributed by atoms with E-state index in [1.54, 1.807) is 4.97 Å². The van der Waals surface area contributed by atoms with Gasteiger partial charge in [-0.2, -0.15) is 0 Å². The van der Waals surface area contributed by atoms with Gasteiger partial charge in [0.2, 0.25) is 0 Å². The molecule has 0 aliphatic rings. The topological polar surface area (TPSA) is 63.9 Å². The van der Waals surface area contributed by atoms with Gasteiger partial charge in [0.15, 0.2) is 0 Å². The Hall–Kier alpha value is 0.479. The first kappa shape index (κ1) is 11.3. The molecule has 0 aromatic carbocycles. The van der Waals surface area contributed by atoms with Gasteiger partial charge in [0.1, 0.15) is 0 Å². The Morgan fingerprint density at radius 1 is 1.88 bits per heavy atom. The van der Waals surface area contributed by atoms with Crippen LogP contribution in [0.1, 0.15) is 0 Å². The summed E-state index contributed by atoms with van der Waals surface area (Å²) in [5, 5.41) is 17.2. The van der Waals surface area contributed by atoms with E-state index in [4.69, 9.17) is 5.26 Å². The van der Waals surface area contributed by atoms with E-state index in [2.05, 4.69) is 0 Å². The van der Waals surface area contributed by atoms with Crippen molar-refractivity contribution in [3.05, 3.63) is 0 Å². The Labute approximate surface area is 75.5 Å². The summed E-state index contributed by atoms with van der Waals surface area (Å²) in [5.41, 5.74) is 0. The Morgan fingerprint density at radius 3 is 2.50 bits per heavy atom. The molecular weight excluding hydrogens is 184 g/mol. The minimum atomic E-state index is -1.14. The molecule has 0 saturated heterocycles. The summed E-state index contributed by atoms with van der Waals surface area (Å²) in [7, 11) is 0. The number of hydrogen-bond acceptors (Lipinski definition) is 3. The van der Waals surface area contributed by atoms with Crippen LogP contribution in [-0.4, -0.2) is 20.9 Å². The number of carbonyl (C=O) groups excluding carboxylic acids is 1. The molecular formula is C3H2NNaO2Se. The molecule has 0 aliphatic carbocycles. The van der Waals surface area contributed by atoms with Gasteiger partial charge >= 0.3 is 75.9 Å². The molecule has 5 heteroatoms. The van der Waals surface area contributed by atoms with Crippen molar-refractivity contribution in [2.75, 3.05) is 0 Å². The van der Waals surface area contributed by atoms with Crippen molar-refractivity contribution >= 4 is 20.9 Å². The summed E-state index contributed by atoms with van der Waals surface area (Å²) in [6.45, 7) is 0. The molecule has 0 fully saturated rings. The molecule has 0 spiro atoms. The van der Waals surface area contributed by atoms with Crippen LogP contribution in [-0.2, 0) is 4.79 Å². The predicted molar refractivity (Wildman–Crippen MR) is 21.2 cm³/mol. The average molecular weight is 186 g/mol. The molecule has 0 N–H and O–H groups in total. The minimum Gasteiger partial charge on any atom is 1.00 e. The quantitative estimate of drug-likeness (QED) is 0.407. The monoisotopic (exact) mass is 187 g/mol. The molecule has 0 aromatic rings. The van der Waals surface area contributed by atoms with E-state index in [-0.39, 0.29) is 34.9 Å². The maximum atomic E-state index is 9.51. The first-order valence-electron chi connectivity index (χ1n) is 1.48. The zero-order valence-electron chi connectivity index (χ0n) is 4.38. The van der Waals surface area contributed by atoms with Gasteiger partial charge in [-0.1, -0.05) is 0 Å². The molecule has 0 amide bonds. The van der Waals surface area contributed by atoms with Crippen molar-refractivity contribution in [2.45, 2.75) is 5.32 Å². The third-order valence-electron chi connectivity index (χ3n) is 0.255. The average Bonchev–Trinajstić information content (AvgIpc) is 1.61. The first-order valence-corrected chi connectivity index (χ1v) is 3.55. The van der Waals surface area contributed by atoms with E-state index in [0.717, 1.165) is 0 Å². The maximum Gasteiger partial charge on any atom is 1.00 e. The van der Waals surface area contributed by atoms with Gasteiger partial charge in [-0.05, 0) is 0 Å². The second kappa shape index (κ2) is 7.48. The number of nitriles is 1. The van der Waals surface area contributed by atoms with Crippen molar-refractivity contribution < 1.29 is 39.5 Å². The Kier molecular flexibility index (Phi) is 10.6. The van der Waals surface area contributed by atoms with Crippen LogP contribution in [0.5, 0.6) is 0 Å². The van der Waals surface area contributed by atoms with Gasteiger partial charge in [0.25, 0.3) is 0 Å². The second-order valence-corrected chi connectivity index (χ2v) is 2.35. The fourth-order valence-electron chi connectivity index (χ4n) is 0.0912. The minimum absolute atomic E-state index is 0. The number of hydrogen-bond donors (Lipinski definition) is 0. The summed E-state index contributed by atoms with van der Waals surface area (Å²) in [5.74, 6) is -1.14. The molecule has 3 nitrogen and oxygen atoms in total. The van der Waals surface area contributed by atoms with E-state index in [9.17, 15) is 9.90 Å².